The lowest BCUT2D eigenvalue weighted by molar-refractivity contribution is -0.143. The maximum Gasteiger partial charge on any atom is 0.327 e. The van der Waals surface area contributed by atoms with Crippen LogP contribution >= 0.6 is 23.2 Å². The summed E-state index contributed by atoms with van der Waals surface area (Å²) in [5.41, 5.74) is 0.750. The maximum absolute atomic E-state index is 12.0. The molecular weight excluding hydrogens is 297 g/mol. The Hall–Kier alpha value is -0.770. The first-order chi connectivity index (χ1) is 9.60. The first kappa shape index (κ1) is 15.6. The summed E-state index contributed by atoms with van der Waals surface area (Å²) in [6.45, 7) is 0. The first-order valence-corrected chi connectivity index (χ1v) is 7.65. The van der Waals surface area contributed by atoms with Crippen LogP contribution in [0.4, 0.5) is 0 Å². The van der Waals surface area contributed by atoms with Crippen molar-refractivity contribution in [2.75, 3.05) is 7.11 Å². The molecule has 1 aromatic rings. The zero-order valence-corrected chi connectivity index (χ0v) is 13.0. The molecule has 1 saturated carbocycles. The van der Waals surface area contributed by atoms with Gasteiger partial charge < -0.3 is 4.74 Å². The van der Waals surface area contributed by atoms with E-state index in [0.717, 1.165) is 18.4 Å². The molecule has 0 aromatic heterocycles. The minimum Gasteiger partial charge on any atom is -0.468 e. The van der Waals surface area contributed by atoms with Crippen LogP contribution < -0.4 is 5.32 Å². The van der Waals surface area contributed by atoms with Crippen LogP contribution in [0.25, 0.3) is 0 Å². The van der Waals surface area contributed by atoms with Crippen LogP contribution in [0.1, 0.15) is 43.7 Å². The second-order valence-corrected chi connectivity index (χ2v) is 6.03. The van der Waals surface area contributed by atoms with Gasteiger partial charge in [0.15, 0.2) is 0 Å². The third-order valence-corrected chi connectivity index (χ3v) is 4.10. The number of carbonyl (C=O) groups is 1. The van der Waals surface area contributed by atoms with Crippen LogP contribution in [0.15, 0.2) is 18.2 Å². The molecule has 1 atom stereocenters. The van der Waals surface area contributed by atoms with E-state index in [-0.39, 0.29) is 5.97 Å². The fourth-order valence-electron chi connectivity index (χ4n) is 2.66. The van der Waals surface area contributed by atoms with E-state index in [1.54, 1.807) is 18.2 Å². The Morgan fingerprint density at radius 2 is 1.80 bits per heavy atom. The van der Waals surface area contributed by atoms with Crippen molar-refractivity contribution in [3.63, 3.8) is 0 Å². The molecule has 0 heterocycles. The van der Waals surface area contributed by atoms with Gasteiger partial charge in [-0.15, -0.1) is 0 Å². The standard InChI is InChI=1S/C15H19Cl2NO2/c1-20-15(19)14(18-13-5-3-2-4-6-13)10-7-11(16)9-12(17)8-10/h7-9,13-14,18H,2-6H2,1H3. The van der Waals surface area contributed by atoms with Gasteiger partial charge in [-0.3, -0.25) is 5.32 Å². The minimum absolute atomic E-state index is 0.311. The normalized spacial score (nSPS) is 17.8. The molecule has 0 saturated heterocycles. The molecule has 110 valence electrons. The zero-order chi connectivity index (χ0) is 14.5. The summed E-state index contributed by atoms with van der Waals surface area (Å²) in [6.07, 6.45) is 5.83. The van der Waals surface area contributed by atoms with Gasteiger partial charge in [0.2, 0.25) is 0 Å². The molecule has 5 heteroatoms. The van der Waals surface area contributed by atoms with Crippen molar-refractivity contribution in [2.24, 2.45) is 0 Å². The summed E-state index contributed by atoms with van der Waals surface area (Å²) in [6, 6.07) is 4.99. The molecule has 1 aliphatic carbocycles. The lowest BCUT2D eigenvalue weighted by Crippen LogP contribution is -2.38. The summed E-state index contributed by atoms with van der Waals surface area (Å²) >= 11 is 12.0. The van der Waals surface area contributed by atoms with Crippen LogP contribution in [-0.2, 0) is 9.53 Å². The fourth-order valence-corrected chi connectivity index (χ4v) is 3.21. The van der Waals surface area contributed by atoms with Gasteiger partial charge in [0.25, 0.3) is 0 Å². The molecule has 0 spiro atoms. The minimum atomic E-state index is -0.515. The number of methoxy groups -OCH3 is 1. The molecule has 2 rings (SSSR count). The second-order valence-electron chi connectivity index (χ2n) is 5.16. The second kappa shape index (κ2) is 7.30. The van der Waals surface area contributed by atoms with Gasteiger partial charge in [0, 0.05) is 16.1 Å². The van der Waals surface area contributed by atoms with E-state index in [0.29, 0.717) is 16.1 Å². The molecular formula is C15H19Cl2NO2. The van der Waals surface area contributed by atoms with E-state index in [9.17, 15) is 4.79 Å². The average Bonchev–Trinajstić information content (AvgIpc) is 2.44. The highest BCUT2D eigenvalue weighted by Gasteiger charge is 2.26. The van der Waals surface area contributed by atoms with Gasteiger partial charge in [-0.25, -0.2) is 4.79 Å². The van der Waals surface area contributed by atoms with Crippen molar-refractivity contribution in [3.8, 4) is 0 Å². The smallest absolute Gasteiger partial charge is 0.327 e. The van der Waals surface area contributed by atoms with Gasteiger partial charge in [0.1, 0.15) is 6.04 Å². The number of hydrogen-bond acceptors (Lipinski definition) is 3. The fraction of sp³-hybridized carbons (Fsp3) is 0.533. The number of carbonyl (C=O) groups excluding carboxylic acids is 1. The average molecular weight is 316 g/mol. The Morgan fingerprint density at radius 1 is 1.20 bits per heavy atom. The Kier molecular flexibility index (Phi) is 5.70. The predicted molar refractivity (Wildman–Crippen MR) is 81.2 cm³/mol. The van der Waals surface area contributed by atoms with E-state index in [2.05, 4.69) is 5.32 Å². The summed E-state index contributed by atoms with van der Waals surface area (Å²) in [7, 11) is 1.39. The number of benzene rings is 1. The third-order valence-electron chi connectivity index (χ3n) is 3.66. The van der Waals surface area contributed by atoms with Crippen LogP contribution in [0, 0.1) is 0 Å². The number of nitrogens with one attached hydrogen (secondary N) is 1. The van der Waals surface area contributed by atoms with E-state index in [1.807, 2.05) is 0 Å². The SMILES string of the molecule is COC(=O)C(NC1CCCCC1)c1cc(Cl)cc(Cl)c1. The Balaban J connectivity index is 2.19. The highest BCUT2D eigenvalue weighted by Crippen LogP contribution is 2.27. The lowest BCUT2D eigenvalue weighted by Gasteiger charge is -2.27. The summed E-state index contributed by atoms with van der Waals surface area (Å²) in [4.78, 5) is 12.0. The van der Waals surface area contributed by atoms with Gasteiger partial charge >= 0.3 is 5.97 Å². The maximum atomic E-state index is 12.0. The van der Waals surface area contributed by atoms with Crippen molar-refractivity contribution >= 4 is 29.2 Å². The number of rotatable bonds is 4. The van der Waals surface area contributed by atoms with Crippen LogP contribution in [0.5, 0.6) is 0 Å². The van der Waals surface area contributed by atoms with E-state index in [1.165, 1.54) is 26.4 Å². The molecule has 1 aliphatic rings. The molecule has 0 bridgehead atoms. The number of esters is 1. The van der Waals surface area contributed by atoms with E-state index < -0.39 is 6.04 Å². The van der Waals surface area contributed by atoms with Gasteiger partial charge in [-0.05, 0) is 36.6 Å². The molecule has 20 heavy (non-hydrogen) atoms. The molecule has 1 fully saturated rings. The van der Waals surface area contributed by atoms with Crippen molar-refractivity contribution in [1.29, 1.82) is 0 Å². The highest BCUT2D eigenvalue weighted by molar-refractivity contribution is 6.34. The first-order valence-electron chi connectivity index (χ1n) is 6.90. The number of hydrogen-bond donors (Lipinski definition) is 1. The van der Waals surface area contributed by atoms with Crippen LogP contribution in [-0.4, -0.2) is 19.1 Å². The van der Waals surface area contributed by atoms with E-state index in [4.69, 9.17) is 27.9 Å². The molecule has 1 unspecified atom stereocenters. The molecule has 1 aromatic carbocycles. The Labute approximate surface area is 129 Å². The van der Waals surface area contributed by atoms with Crippen LogP contribution in [0.3, 0.4) is 0 Å². The summed E-state index contributed by atoms with van der Waals surface area (Å²) in [5, 5.41) is 4.43. The molecule has 0 amide bonds. The predicted octanol–water partition coefficient (Wildman–Crippen LogP) is 4.13. The van der Waals surface area contributed by atoms with E-state index >= 15 is 0 Å². The third kappa shape index (κ3) is 4.11. The monoisotopic (exact) mass is 315 g/mol. The van der Waals surface area contributed by atoms with Gasteiger partial charge in [0.05, 0.1) is 7.11 Å². The van der Waals surface area contributed by atoms with Crippen LogP contribution in [0.2, 0.25) is 10.0 Å². The molecule has 1 N–H and O–H groups in total. The Bertz CT molecular complexity index is 453. The lowest BCUT2D eigenvalue weighted by atomic mass is 9.94. The highest BCUT2D eigenvalue weighted by atomic mass is 35.5. The topological polar surface area (TPSA) is 38.3 Å². The van der Waals surface area contributed by atoms with Crippen molar-refractivity contribution in [1.82, 2.24) is 5.32 Å². The quantitative estimate of drug-likeness (QED) is 0.849. The molecule has 0 aliphatic heterocycles. The molecule has 0 radical (unpaired) electrons. The summed E-state index contributed by atoms with van der Waals surface area (Å²) in [5.74, 6) is -0.311. The number of halogens is 2. The van der Waals surface area contributed by atoms with Crippen molar-refractivity contribution < 1.29 is 9.53 Å². The van der Waals surface area contributed by atoms with Gasteiger partial charge in [-0.1, -0.05) is 42.5 Å². The van der Waals surface area contributed by atoms with Crippen molar-refractivity contribution in [3.05, 3.63) is 33.8 Å². The Morgan fingerprint density at radius 3 is 2.35 bits per heavy atom. The largest absolute Gasteiger partial charge is 0.468 e. The molecule has 3 nitrogen and oxygen atoms in total. The summed E-state index contributed by atoms with van der Waals surface area (Å²) < 4.78 is 4.90. The van der Waals surface area contributed by atoms with Crippen molar-refractivity contribution in [2.45, 2.75) is 44.2 Å². The van der Waals surface area contributed by atoms with Gasteiger partial charge in [-0.2, -0.15) is 0 Å². The number of ether oxygens (including phenoxy) is 1. The zero-order valence-electron chi connectivity index (χ0n) is 11.5.